The van der Waals surface area contributed by atoms with E-state index in [2.05, 4.69) is 0 Å². The minimum Gasteiger partial charge on any atom is -0.491 e. The molecule has 0 spiro atoms. The number of nitrogens with zero attached hydrogens (tertiary/aromatic N) is 1. The molecule has 23 heavy (non-hydrogen) atoms. The number of hydrogen-bond donors (Lipinski definition) is 1. The average molecular weight is 323 g/mol. The number of carbonyl (C=O) groups is 2. The van der Waals surface area contributed by atoms with Crippen molar-refractivity contribution >= 4 is 11.9 Å². The van der Waals surface area contributed by atoms with Gasteiger partial charge in [0.05, 0.1) is 12.5 Å². The number of hydrogen-bond acceptors (Lipinski definition) is 3. The lowest BCUT2D eigenvalue weighted by molar-refractivity contribution is -0.147. The Labute approximate surface area is 135 Å². The van der Waals surface area contributed by atoms with E-state index in [1.54, 1.807) is 23.1 Å². The summed E-state index contributed by atoms with van der Waals surface area (Å²) in [6.45, 7) is 3.07. The lowest BCUT2D eigenvalue weighted by Gasteiger charge is -2.34. The van der Waals surface area contributed by atoms with Gasteiger partial charge in [0.25, 0.3) is 0 Å². The number of carboxylic acids is 1. The van der Waals surface area contributed by atoms with Crippen LogP contribution in [0.5, 0.6) is 5.75 Å². The van der Waals surface area contributed by atoms with Gasteiger partial charge in [0.2, 0.25) is 5.91 Å². The molecule has 1 aliphatic rings. The third-order valence-corrected chi connectivity index (χ3v) is 3.99. The Morgan fingerprint density at radius 3 is 2.78 bits per heavy atom. The van der Waals surface area contributed by atoms with E-state index in [9.17, 15) is 14.0 Å². The monoisotopic (exact) mass is 323 g/mol. The van der Waals surface area contributed by atoms with Gasteiger partial charge in [-0.15, -0.1) is 0 Å². The molecule has 0 saturated carbocycles. The third kappa shape index (κ3) is 4.94. The summed E-state index contributed by atoms with van der Waals surface area (Å²) in [5.74, 6) is -1.47. The second-order valence-electron chi connectivity index (χ2n) is 6.06. The predicted molar refractivity (Wildman–Crippen MR) is 82.6 cm³/mol. The first-order valence-electron chi connectivity index (χ1n) is 7.85. The molecule has 2 unspecified atom stereocenters. The number of piperidine rings is 1. The summed E-state index contributed by atoms with van der Waals surface area (Å²) in [6, 6.07) is 6.13. The summed E-state index contributed by atoms with van der Waals surface area (Å²) in [7, 11) is 0. The van der Waals surface area contributed by atoms with Crippen LogP contribution in [0, 0.1) is 17.7 Å². The maximum Gasteiger partial charge on any atom is 0.308 e. The zero-order chi connectivity index (χ0) is 16.8. The molecule has 1 aromatic rings. The quantitative estimate of drug-likeness (QED) is 0.817. The number of aliphatic carboxylic acids is 1. The number of carboxylic acid groups (broad SMARTS) is 1. The van der Waals surface area contributed by atoms with Gasteiger partial charge in [-0.3, -0.25) is 9.59 Å². The van der Waals surface area contributed by atoms with Crippen molar-refractivity contribution in [3.63, 3.8) is 0 Å². The van der Waals surface area contributed by atoms with Gasteiger partial charge in [0, 0.05) is 19.5 Å². The van der Waals surface area contributed by atoms with Crippen molar-refractivity contribution in [3.8, 4) is 5.75 Å². The van der Waals surface area contributed by atoms with Gasteiger partial charge >= 0.3 is 5.97 Å². The number of amides is 1. The molecule has 1 N–H and O–H groups in total. The Hall–Kier alpha value is -2.11. The van der Waals surface area contributed by atoms with Crippen LogP contribution in [0.4, 0.5) is 4.39 Å². The molecule has 5 nitrogen and oxygen atoms in total. The van der Waals surface area contributed by atoms with Crippen molar-refractivity contribution in [2.75, 3.05) is 19.7 Å². The molecule has 0 radical (unpaired) electrons. The summed E-state index contributed by atoms with van der Waals surface area (Å²) in [6.07, 6.45) is 1.35. The van der Waals surface area contributed by atoms with Crippen molar-refractivity contribution in [1.82, 2.24) is 4.90 Å². The van der Waals surface area contributed by atoms with E-state index < -0.39 is 17.7 Å². The van der Waals surface area contributed by atoms with Crippen LogP contribution in [0.2, 0.25) is 0 Å². The summed E-state index contributed by atoms with van der Waals surface area (Å²) in [4.78, 5) is 24.9. The number of likely N-dealkylation sites (tertiary alicyclic amines) is 1. The van der Waals surface area contributed by atoms with E-state index in [1.807, 2.05) is 6.92 Å². The Balaban J connectivity index is 1.76. The zero-order valence-corrected chi connectivity index (χ0v) is 13.2. The summed E-state index contributed by atoms with van der Waals surface area (Å²) >= 11 is 0. The first kappa shape index (κ1) is 17.2. The van der Waals surface area contributed by atoms with E-state index in [4.69, 9.17) is 9.84 Å². The van der Waals surface area contributed by atoms with E-state index in [1.165, 1.54) is 6.07 Å². The molecule has 1 heterocycles. The highest BCUT2D eigenvalue weighted by Gasteiger charge is 2.31. The molecule has 1 aromatic carbocycles. The van der Waals surface area contributed by atoms with Gasteiger partial charge in [-0.2, -0.15) is 0 Å². The maximum absolute atomic E-state index is 13.4. The summed E-state index contributed by atoms with van der Waals surface area (Å²) < 4.78 is 18.7. The maximum atomic E-state index is 13.4. The SMILES string of the molecule is CC1CC(C(=O)O)CN(C(=O)CCCOc2ccccc2F)C1. The first-order chi connectivity index (χ1) is 11.0. The van der Waals surface area contributed by atoms with E-state index in [0.29, 0.717) is 19.4 Å². The largest absolute Gasteiger partial charge is 0.491 e. The van der Waals surface area contributed by atoms with Crippen molar-refractivity contribution in [3.05, 3.63) is 30.1 Å². The Kier molecular flexibility index (Phi) is 5.96. The molecule has 1 saturated heterocycles. The second kappa shape index (κ2) is 7.94. The topological polar surface area (TPSA) is 66.8 Å². The number of rotatable bonds is 6. The van der Waals surface area contributed by atoms with Gasteiger partial charge < -0.3 is 14.7 Å². The summed E-state index contributed by atoms with van der Waals surface area (Å²) in [5.41, 5.74) is 0. The van der Waals surface area contributed by atoms with Crippen LogP contribution in [0.25, 0.3) is 0 Å². The van der Waals surface area contributed by atoms with Crippen LogP contribution in [0.1, 0.15) is 26.2 Å². The molecule has 0 aliphatic carbocycles. The van der Waals surface area contributed by atoms with Crippen LogP contribution in [0.15, 0.2) is 24.3 Å². The molecular weight excluding hydrogens is 301 g/mol. The number of para-hydroxylation sites is 1. The normalized spacial score (nSPS) is 21.0. The fraction of sp³-hybridized carbons (Fsp3) is 0.529. The number of ether oxygens (including phenoxy) is 1. The fourth-order valence-electron chi connectivity index (χ4n) is 2.86. The highest BCUT2D eigenvalue weighted by Crippen LogP contribution is 2.22. The van der Waals surface area contributed by atoms with Gasteiger partial charge in [0.15, 0.2) is 11.6 Å². The number of carbonyl (C=O) groups excluding carboxylic acids is 1. The second-order valence-corrected chi connectivity index (χ2v) is 6.06. The van der Waals surface area contributed by atoms with Crippen LogP contribution in [-0.2, 0) is 9.59 Å². The smallest absolute Gasteiger partial charge is 0.308 e. The molecule has 1 fully saturated rings. The van der Waals surface area contributed by atoms with Crippen molar-refractivity contribution in [2.45, 2.75) is 26.2 Å². The first-order valence-corrected chi connectivity index (χ1v) is 7.85. The molecule has 2 rings (SSSR count). The van der Waals surface area contributed by atoms with Gasteiger partial charge in [-0.05, 0) is 30.9 Å². The van der Waals surface area contributed by atoms with Crippen LogP contribution < -0.4 is 4.74 Å². The molecule has 1 amide bonds. The minimum absolute atomic E-state index is 0.0695. The Bertz CT molecular complexity index is 563. The predicted octanol–water partition coefficient (Wildman–Crippen LogP) is 2.55. The molecule has 0 aromatic heterocycles. The highest BCUT2D eigenvalue weighted by molar-refractivity contribution is 5.78. The van der Waals surface area contributed by atoms with Crippen LogP contribution in [-0.4, -0.2) is 41.6 Å². The Morgan fingerprint density at radius 2 is 2.09 bits per heavy atom. The zero-order valence-electron chi connectivity index (χ0n) is 13.2. The highest BCUT2D eigenvalue weighted by atomic mass is 19.1. The lowest BCUT2D eigenvalue weighted by atomic mass is 9.90. The van der Waals surface area contributed by atoms with Gasteiger partial charge in [-0.1, -0.05) is 19.1 Å². The van der Waals surface area contributed by atoms with Crippen LogP contribution >= 0.6 is 0 Å². The molecular formula is C17H22FNO4. The average Bonchev–Trinajstić information content (AvgIpc) is 2.52. The molecule has 1 aliphatic heterocycles. The van der Waals surface area contributed by atoms with E-state index >= 15 is 0 Å². The molecule has 2 atom stereocenters. The van der Waals surface area contributed by atoms with Crippen molar-refractivity contribution in [2.24, 2.45) is 11.8 Å². The van der Waals surface area contributed by atoms with Crippen molar-refractivity contribution < 1.29 is 23.8 Å². The third-order valence-electron chi connectivity index (χ3n) is 3.99. The molecule has 0 bridgehead atoms. The molecule has 6 heteroatoms. The minimum atomic E-state index is -0.850. The van der Waals surface area contributed by atoms with E-state index in [0.717, 1.165) is 0 Å². The lowest BCUT2D eigenvalue weighted by Crippen LogP contribution is -2.45. The number of benzene rings is 1. The van der Waals surface area contributed by atoms with E-state index in [-0.39, 0.29) is 37.1 Å². The Morgan fingerprint density at radius 1 is 1.35 bits per heavy atom. The van der Waals surface area contributed by atoms with Gasteiger partial charge in [-0.25, -0.2) is 4.39 Å². The fourth-order valence-corrected chi connectivity index (χ4v) is 2.86. The molecule has 126 valence electrons. The number of halogens is 1. The standard InChI is InChI=1S/C17H22FNO4/c1-12-9-13(17(21)22)11-19(10-12)16(20)7-4-8-23-15-6-3-2-5-14(15)18/h2-3,5-6,12-13H,4,7-11H2,1H3,(H,21,22). The summed E-state index contributed by atoms with van der Waals surface area (Å²) in [5, 5.41) is 9.13. The van der Waals surface area contributed by atoms with Crippen molar-refractivity contribution in [1.29, 1.82) is 0 Å². The van der Waals surface area contributed by atoms with Crippen LogP contribution in [0.3, 0.4) is 0 Å². The van der Waals surface area contributed by atoms with Gasteiger partial charge in [0.1, 0.15) is 0 Å².